The van der Waals surface area contributed by atoms with Crippen LogP contribution in [0.5, 0.6) is 0 Å². The first-order valence-corrected chi connectivity index (χ1v) is 8.39. The minimum absolute atomic E-state index is 0.0668. The number of benzene rings is 1. The van der Waals surface area contributed by atoms with Crippen molar-refractivity contribution in [1.29, 1.82) is 0 Å². The summed E-state index contributed by atoms with van der Waals surface area (Å²) in [6, 6.07) is 6.87. The van der Waals surface area contributed by atoms with Gasteiger partial charge in [0.15, 0.2) is 0 Å². The van der Waals surface area contributed by atoms with Crippen molar-refractivity contribution in [2.24, 2.45) is 11.8 Å². The lowest BCUT2D eigenvalue weighted by Gasteiger charge is -2.19. The number of carboxylic acid groups (broad SMARTS) is 1. The van der Waals surface area contributed by atoms with Gasteiger partial charge in [0.05, 0.1) is 5.92 Å². The van der Waals surface area contributed by atoms with Crippen LogP contribution in [0.25, 0.3) is 0 Å². The van der Waals surface area contributed by atoms with Gasteiger partial charge in [-0.1, -0.05) is 6.07 Å². The van der Waals surface area contributed by atoms with Crippen LogP contribution in [0.3, 0.4) is 0 Å². The molecule has 2 amide bonds. The Bertz CT molecular complexity index is 625. The number of anilines is 1. The fraction of sp³-hybridized carbons (Fsp3) is 0.500. The van der Waals surface area contributed by atoms with Gasteiger partial charge in [-0.05, 0) is 51.3 Å². The van der Waals surface area contributed by atoms with E-state index in [0.717, 1.165) is 0 Å². The summed E-state index contributed by atoms with van der Waals surface area (Å²) >= 11 is 0. The summed E-state index contributed by atoms with van der Waals surface area (Å²) in [4.78, 5) is 37.4. The van der Waals surface area contributed by atoms with Crippen molar-refractivity contribution in [2.45, 2.75) is 33.1 Å². The quantitative estimate of drug-likeness (QED) is 0.838. The number of carboxylic acids is 1. The summed E-state index contributed by atoms with van der Waals surface area (Å²) in [5, 5.41) is 11.8. The van der Waals surface area contributed by atoms with E-state index in [9.17, 15) is 14.4 Å². The molecule has 0 radical (unpaired) electrons. The molecule has 6 heteroatoms. The van der Waals surface area contributed by atoms with E-state index >= 15 is 0 Å². The zero-order valence-corrected chi connectivity index (χ0v) is 14.1. The Morgan fingerprint density at radius 3 is 2.42 bits per heavy atom. The van der Waals surface area contributed by atoms with E-state index in [1.165, 1.54) is 0 Å². The average molecular weight is 332 g/mol. The second-order valence-electron chi connectivity index (χ2n) is 6.09. The van der Waals surface area contributed by atoms with Crippen LogP contribution in [0.1, 0.15) is 43.5 Å². The van der Waals surface area contributed by atoms with Crippen LogP contribution >= 0.6 is 0 Å². The molecule has 6 nitrogen and oxygen atoms in total. The maximum Gasteiger partial charge on any atom is 0.306 e. The number of carbonyl (C=O) groups excluding carboxylic acids is 2. The Morgan fingerprint density at radius 2 is 1.83 bits per heavy atom. The van der Waals surface area contributed by atoms with Crippen LogP contribution in [-0.4, -0.2) is 40.9 Å². The van der Waals surface area contributed by atoms with Gasteiger partial charge in [0.1, 0.15) is 0 Å². The van der Waals surface area contributed by atoms with Crippen molar-refractivity contribution in [3.05, 3.63) is 29.8 Å². The van der Waals surface area contributed by atoms with E-state index in [1.807, 2.05) is 13.8 Å². The first-order chi connectivity index (χ1) is 11.5. The zero-order chi connectivity index (χ0) is 17.7. The molecule has 1 fully saturated rings. The topological polar surface area (TPSA) is 86.7 Å². The Kier molecular flexibility index (Phi) is 5.95. The van der Waals surface area contributed by atoms with Crippen LogP contribution in [0.2, 0.25) is 0 Å². The Hall–Kier alpha value is -2.37. The number of nitrogens with zero attached hydrogens (tertiary/aromatic N) is 1. The van der Waals surface area contributed by atoms with Gasteiger partial charge in [-0.25, -0.2) is 0 Å². The molecular weight excluding hydrogens is 308 g/mol. The monoisotopic (exact) mass is 332 g/mol. The maximum absolute atomic E-state index is 12.4. The highest BCUT2D eigenvalue weighted by Crippen LogP contribution is 2.32. The van der Waals surface area contributed by atoms with Crippen LogP contribution in [0.15, 0.2) is 24.3 Å². The molecule has 0 heterocycles. The van der Waals surface area contributed by atoms with Crippen molar-refractivity contribution in [1.82, 2.24) is 4.90 Å². The maximum atomic E-state index is 12.4. The molecule has 24 heavy (non-hydrogen) atoms. The molecule has 0 unspecified atom stereocenters. The third kappa shape index (κ3) is 4.13. The molecule has 2 atom stereocenters. The van der Waals surface area contributed by atoms with Crippen molar-refractivity contribution >= 4 is 23.5 Å². The molecule has 0 saturated heterocycles. The molecule has 1 saturated carbocycles. The molecule has 0 bridgehead atoms. The van der Waals surface area contributed by atoms with E-state index in [0.29, 0.717) is 43.6 Å². The Balaban J connectivity index is 2.03. The minimum Gasteiger partial charge on any atom is -0.481 e. The van der Waals surface area contributed by atoms with Crippen LogP contribution < -0.4 is 5.32 Å². The summed E-state index contributed by atoms with van der Waals surface area (Å²) in [6.45, 7) is 5.10. The zero-order valence-electron chi connectivity index (χ0n) is 14.1. The predicted molar refractivity (Wildman–Crippen MR) is 90.8 cm³/mol. The summed E-state index contributed by atoms with van der Waals surface area (Å²) in [7, 11) is 0. The largest absolute Gasteiger partial charge is 0.481 e. The molecule has 0 spiro atoms. The van der Waals surface area contributed by atoms with Gasteiger partial charge in [0.25, 0.3) is 5.91 Å². The second-order valence-corrected chi connectivity index (χ2v) is 6.09. The van der Waals surface area contributed by atoms with Crippen LogP contribution in [0.4, 0.5) is 5.69 Å². The third-order valence-electron chi connectivity index (χ3n) is 4.58. The third-order valence-corrected chi connectivity index (χ3v) is 4.58. The van der Waals surface area contributed by atoms with Crippen LogP contribution in [0, 0.1) is 11.8 Å². The minimum atomic E-state index is -0.836. The first-order valence-electron chi connectivity index (χ1n) is 8.39. The molecule has 130 valence electrons. The summed E-state index contributed by atoms with van der Waals surface area (Å²) in [6.07, 6.45) is 1.49. The fourth-order valence-electron chi connectivity index (χ4n) is 3.11. The molecular formula is C18H24N2O4. The van der Waals surface area contributed by atoms with Gasteiger partial charge in [0.2, 0.25) is 5.91 Å². The SMILES string of the molecule is CCN(CC)C(=O)c1cccc(NC(=O)[C@@H]2CC[C@H](C(=O)O)C2)c1. The molecule has 0 aromatic heterocycles. The number of carbonyl (C=O) groups is 3. The lowest BCUT2D eigenvalue weighted by molar-refractivity contribution is -0.141. The molecule has 1 aliphatic carbocycles. The van der Waals surface area contributed by atoms with Gasteiger partial charge < -0.3 is 15.3 Å². The highest BCUT2D eigenvalue weighted by molar-refractivity contribution is 5.97. The van der Waals surface area contributed by atoms with Gasteiger partial charge in [-0.15, -0.1) is 0 Å². The molecule has 0 aliphatic heterocycles. The second kappa shape index (κ2) is 7.95. The van der Waals surface area contributed by atoms with Crippen molar-refractivity contribution in [3.8, 4) is 0 Å². The molecule has 2 rings (SSSR count). The number of amides is 2. The van der Waals surface area contributed by atoms with Crippen molar-refractivity contribution in [2.75, 3.05) is 18.4 Å². The highest BCUT2D eigenvalue weighted by Gasteiger charge is 2.33. The predicted octanol–water partition coefficient (Wildman–Crippen LogP) is 2.61. The van der Waals surface area contributed by atoms with Crippen molar-refractivity contribution in [3.63, 3.8) is 0 Å². The molecule has 1 aromatic carbocycles. The number of nitrogens with one attached hydrogen (secondary N) is 1. The van der Waals surface area contributed by atoms with E-state index in [4.69, 9.17) is 5.11 Å². The van der Waals surface area contributed by atoms with E-state index in [2.05, 4.69) is 5.32 Å². The fourth-order valence-corrected chi connectivity index (χ4v) is 3.11. The van der Waals surface area contributed by atoms with Crippen molar-refractivity contribution < 1.29 is 19.5 Å². The first kappa shape index (κ1) is 18.0. The smallest absolute Gasteiger partial charge is 0.306 e. The number of hydrogen-bond acceptors (Lipinski definition) is 3. The summed E-state index contributed by atoms with van der Waals surface area (Å²) in [5.41, 5.74) is 1.10. The molecule has 1 aromatic rings. The Labute approximate surface area is 141 Å². The van der Waals surface area contributed by atoms with E-state index < -0.39 is 11.9 Å². The lowest BCUT2D eigenvalue weighted by Crippen LogP contribution is -2.30. The molecule has 2 N–H and O–H groups in total. The normalized spacial score (nSPS) is 19.8. The number of aliphatic carboxylic acids is 1. The standard InChI is InChI=1S/C18H24N2O4/c1-3-20(4-2)17(22)13-6-5-7-15(11-13)19-16(21)12-8-9-14(10-12)18(23)24/h5-7,11-12,14H,3-4,8-10H2,1-2H3,(H,19,21)(H,23,24)/t12-,14+/m1/s1. The summed E-state index contributed by atoms with van der Waals surface area (Å²) < 4.78 is 0. The van der Waals surface area contributed by atoms with E-state index in [-0.39, 0.29) is 17.7 Å². The Morgan fingerprint density at radius 1 is 1.17 bits per heavy atom. The van der Waals surface area contributed by atoms with Crippen LogP contribution in [-0.2, 0) is 9.59 Å². The average Bonchev–Trinajstić information content (AvgIpc) is 3.06. The molecule has 1 aliphatic rings. The number of hydrogen-bond donors (Lipinski definition) is 2. The summed E-state index contributed by atoms with van der Waals surface area (Å²) in [5.74, 6) is -1.80. The van der Waals surface area contributed by atoms with Gasteiger partial charge in [0, 0.05) is 30.3 Å². The van der Waals surface area contributed by atoms with E-state index in [1.54, 1.807) is 29.2 Å². The van der Waals surface area contributed by atoms with Gasteiger partial charge in [-0.3, -0.25) is 14.4 Å². The lowest BCUT2D eigenvalue weighted by atomic mass is 10.0. The van der Waals surface area contributed by atoms with Gasteiger partial charge >= 0.3 is 5.97 Å². The number of rotatable bonds is 6. The highest BCUT2D eigenvalue weighted by atomic mass is 16.4. The van der Waals surface area contributed by atoms with Gasteiger partial charge in [-0.2, -0.15) is 0 Å².